The van der Waals surface area contributed by atoms with Gasteiger partial charge in [-0.25, -0.2) is 0 Å². The van der Waals surface area contributed by atoms with Crippen molar-refractivity contribution in [3.63, 3.8) is 0 Å². The first-order valence-corrected chi connectivity index (χ1v) is 9.71. The lowest BCUT2D eigenvalue weighted by Gasteiger charge is -2.40. The summed E-state index contributed by atoms with van der Waals surface area (Å²) in [5.41, 5.74) is 1.99. The lowest BCUT2D eigenvalue weighted by molar-refractivity contribution is 0.0548. The standard InChI is InChI=1S/C22H26N2O4/c1-15-5-7-17(20(25)23(15)3)21(26)24-10-4-9-22(2,13-24)12-16-6-8-18-19(11-16)28-14-27-18/h5-8,11H,4,9-10,12-14H2,1-3H3/t22-/m1/s1. The highest BCUT2D eigenvalue weighted by Gasteiger charge is 2.34. The maximum Gasteiger partial charge on any atom is 0.263 e. The van der Waals surface area contributed by atoms with Crippen LogP contribution >= 0.6 is 0 Å². The van der Waals surface area contributed by atoms with E-state index < -0.39 is 0 Å². The lowest BCUT2D eigenvalue weighted by atomic mass is 9.76. The van der Waals surface area contributed by atoms with Crippen LogP contribution in [-0.2, 0) is 13.5 Å². The Hall–Kier alpha value is -2.76. The van der Waals surface area contributed by atoms with E-state index in [4.69, 9.17) is 9.47 Å². The highest BCUT2D eigenvalue weighted by Crippen LogP contribution is 2.37. The third-order valence-electron chi connectivity index (χ3n) is 5.92. The summed E-state index contributed by atoms with van der Waals surface area (Å²) >= 11 is 0. The number of amides is 1. The molecule has 6 nitrogen and oxygen atoms in total. The van der Waals surface area contributed by atoms with Crippen molar-refractivity contribution < 1.29 is 14.3 Å². The van der Waals surface area contributed by atoms with E-state index in [2.05, 4.69) is 13.0 Å². The molecule has 0 radical (unpaired) electrons. The Kier molecular flexibility index (Phi) is 4.65. The molecule has 1 aromatic heterocycles. The molecule has 0 spiro atoms. The maximum atomic E-state index is 13.1. The molecule has 1 saturated heterocycles. The van der Waals surface area contributed by atoms with Crippen molar-refractivity contribution in [2.24, 2.45) is 12.5 Å². The van der Waals surface area contributed by atoms with E-state index in [1.807, 2.05) is 30.0 Å². The zero-order valence-corrected chi connectivity index (χ0v) is 16.7. The van der Waals surface area contributed by atoms with Gasteiger partial charge in [-0.1, -0.05) is 13.0 Å². The minimum Gasteiger partial charge on any atom is -0.454 e. The van der Waals surface area contributed by atoms with E-state index in [0.717, 1.165) is 36.5 Å². The topological polar surface area (TPSA) is 60.8 Å². The monoisotopic (exact) mass is 382 g/mol. The third kappa shape index (κ3) is 3.39. The quantitative estimate of drug-likeness (QED) is 0.819. The van der Waals surface area contributed by atoms with Crippen LogP contribution in [0, 0.1) is 12.3 Å². The molecule has 6 heteroatoms. The number of carbonyl (C=O) groups excluding carboxylic acids is 1. The second-order valence-electron chi connectivity index (χ2n) is 8.26. The highest BCUT2D eigenvalue weighted by molar-refractivity contribution is 5.94. The molecule has 0 saturated carbocycles. The second kappa shape index (κ2) is 7.00. The molecule has 3 heterocycles. The highest BCUT2D eigenvalue weighted by atomic mass is 16.7. The van der Waals surface area contributed by atoms with Crippen LogP contribution in [0.4, 0.5) is 0 Å². The van der Waals surface area contributed by atoms with Gasteiger partial charge in [-0.3, -0.25) is 9.59 Å². The first-order chi connectivity index (χ1) is 13.4. The summed E-state index contributed by atoms with van der Waals surface area (Å²) < 4.78 is 12.4. The molecule has 4 rings (SSSR count). The minimum absolute atomic E-state index is 0.0441. The third-order valence-corrected chi connectivity index (χ3v) is 5.92. The fraction of sp³-hybridized carbons (Fsp3) is 0.455. The van der Waals surface area contributed by atoms with Crippen LogP contribution in [0.3, 0.4) is 0 Å². The number of carbonyl (C=O) groups is 1. The first kappa shape index (κ1) is 18.6. The van der Waals surface area contributed by atoms with Gasteiger partial charge in [0, 0.05) is 25.8 Å². The van der Waals surface area contributed by atoms with Gasteiger partial charge in [0.05, 0.1) is 0 Å². The van der Waals surface area contributed by atoms with Crippen LogP contribution in [0.25, 0.3) is 0 Å². The van der Waals surface area contributed by atoms with Gasteiger partial charge < -0.3 is 18.9 Å². The summed E-state index contributed by atoms with van der Waals surface area (Å²) in [4.78, 5) is 27.4. The zero-order chi connectivity index (χ0) is 19.9. The van der Waals surface area contributed by atoms with E-state index in [-0.39, 0.29) is 29.2 Å². The van der Waals surface area contributed by atoms with Crippen LogP contribution in [0.5, 0.6) is 11.5 Å². The number of aromatic nitrogens is 1. The van der Waals surface area contributed by atoms with E-state index in [1.54, 1.807) is 13.1 Å². The van der Waals surface area contributed by atoms with Crippen molar-refractivity contribution in [2.75, 3.05) is 19.9 Å². The summed E-state index contributed by atoms with van der Waals surface area (Å²) in [6, 6.07) is 9.52. The van der Waals surface area contributed by atoms with Gasteiger partial charge in [0.15, 0.2) is 11.5 Å². The van der Waals surface area contributed by atoms with E-state index in [0.29, 0.717) is 13.1 Å². The molecule has 148 valence electrons. The van der Waals surface area contributed by atoms with Crippen LogP contribution < -0.4 is 15.0 Å². The maximum absolute atomic E-state index is 13.1. The summed E-state index contributed by atoms with van der Waals surface area (Å²) in [6.07, 6.45) is 2.81. The molecule has 28 heavy (non-hydrogen) atoms. The van der Waals surface area contributed by atoms with Crippen molar-refractivity contribution in [1.29, 1.82) is 0 Å². The number of nitrogens with zero attached hydrogens (tertiary/aromatic N) is 2. The molecular weight excluding hydrogens is 356 g/mol. The van der Waals surface area contributed by atoms with Crippen LogP contribution in [0.1, 0.15) is 41.4 Å². The predicted molar refractivity (Wildman–Crippen MR) is 106 cm³/mol. The zero-order valence-electron chi connectivity index (χ0n) is 16.7. The first-order valence-electron chi connectivity index (χ1n) is 9.71. The van der Waals surface area contributed by atoms with Gasteiger partial charge in [-0.15, -0.1) is 0 Å². The van der Waals surface area contributed by atoms with E-state index >= 15 is 0 Å². The Morgan fingerprint density at radius 2 is 1.96 bits per heavy atom. The number of benzene rings is 1. The van der Waals surface area contributed by atoms with Crippen molar-refractivity contribution in [3.05, 3.63) is 57.5 Å². The average molecular weight is 382 g/mol. The number of hydrogen-bond donors (Lipinski definition) is 0. The van der Waals surface area contributed by atoms with Crippen molar-refractivity contribution >= 4 is 5.91 Å². The Labute approximate surface area is 164 Å². The molecule has 1 fully saturated rings. The van der Waals surface area contributed by atoms with Gasteiger partial charge >= 0.3 is 0 Å². The predicted octanol–water partition coefficient (Wildman–Crippen LogP) is 2.91. The van der Waals surface area contributed by atoms with Crippen molar-refractivity contribution in [3.8, 4) is 11.5 Å². The van der Waals surface area contributed by atoms with Gasteiger partial charge in [0.2, 0.25) is 6.79 Å². The molecule has 0 N–H and O–H groups in total. The van der Waals surface area contributed by atoms with Crippen LogP contribution in [0.15, 0.2) is 35.1 Å². The van der Waals surface area contributed by atoms with E-state index in [1.165, 1.54) is 10.1 Å². The number of piperidine rings is 1. The Balaban J connectivity index is 1.53. The number of aryl methyl sites for hydroxylation is 1. The summed E-state index contributed by atoms with van der Waals surface area (Å²) in [5, 5.41) is 0. The summed E-state index contributed by atoms with van der Waals surface area (Å²) in [5.74, 6) is 1.40. The van der Waals surface area contributed by atoms with Gasteiger partial charge in [-0.05, 0) is 61.4 Å². The molecule has 2 aromatic rings. The number of hydrogen-bond acceptors (Lipinski definition) is 4. The Bertz CT molecular complexity index is 981. The molecule has 1 aromatic carbocycles. The van der Waals surface area contributed by atoms with Gasteiger partial charge in [-0.2, -0.15) is 0 Å². The smallest absolute Gasteiger partial charge is 0.263 e. The fourth-order valence-electron chi connectivity index (χ4n) is 4.24. The van der Waals surface area contributed by atoms with Crippen LogP contribution in [0.2, 0.25) is 0 Å². The molecule has 2 aliphatic rings. The molecule has 0 aliphatic carbocycles. The number of fused-ring (bicyclic) bond motifs is 1. The number of rotatable bonds is 3. The SMILES string of the molecule is Cc1ccc(C(=O)N2CCC[C@](C)(Cc3ccc4c(c3)OCO4)C2)c(=O)n1C. The number of pyridine rings is 1. The summed E-state index contributed by atoms with van der Waals surface area (Å²) in [6.45, 7) is 5.66. The van der Waals surface area contributed by atoms with Crippen LogP contribution in [-0.4, -0.2) is 35.3 Å². The second-order valence-corrected chi connectivity index (χ2v) is 8.26. The van der Waals surface area contributed by atoms with Gasteiger partial charge in [0.1, 0.15) is 5.56 Å². The molecule has 0 bridgehead atoms. The Morgan fingerprint density at radius 1 is 1.18 bits per heavy atom. The van der Waals surface area contributed by atoms with E-state index in [9.17, 15) is 9.59 Å². The molecule has 2 aliphatic heterocycles. The number of likely N-dealkylation sites (tertiary alicyclic amines) is 1. The molecule has 1 atom stereocenters. The van der Waals surface area contributed by atoms with Crippen molar-refractivity contribution in [2.45, 2.75) is 33.1 Å². The fourth-order valence-corrected chi connectivity index (χ4v) is 4.24. The largest absolute Gasteiger partial charge is 0.454 e. The minimum atomic E-state index is -0.229. The Morgan fingerprint density at radius 3 is 2.79 bits per heavy atom. The lowest BCUT2D eigenvalue weighted by Crippen LogP contribution is -2.47. The van der Waals surface area contributed by atoms with Crippen molar-refractivity contribution in [1.82, 2.24) is 9.47 Å². The summed E-state index contributed by atoms with van der Waals surface area (Å²) in [7, 11) is 1.70. The molecule has 1 amide bonds. The average Bonchev–Trinajstić information content (AvgIpc) is 3.13. The van der Waals surface area contributed by atoms with Gasteiger partial charge in [0.25, 0.3) is 11.5 Å². The number of ether oxygens (including phenoxy) is 2. The molecular formula is C22H26N2O4. The normalized spacial score (nSPS) is 21.0. The molecule has 0 unspecified atom stereocenters.